The van der Waals surface area contributed by atoms with Crippen molar-refractivity contribution in [2.45, 2.75) is 18.8 Å². The van der Waals surface area contributed by atoms with Gasteiger partial charge in [0.2, 0.25) is 0 Å². The predicted octanol–water partition coefficient (Wildman–Crippen LogP) is 4.15. The Morgan fingerprint density at radius 3 is 2.69 bits per heavy atom. The average Bonchev–Trinajstić information content (AvgIpc) is 3.14. The molecule has 2 aromatic heterocycles. The second-order valence-corrected chi connectivity index (χ2v) is 6.79. The molecule has 0 bridgehead atoms. The molecule has 1 aromatic carbocycles. The number of fused-ring (bicyclic) bond motifs is 1. The molecule has 0 atom stereocenters. The highest BCUT2D eigenvalue weighted by Crippen LogP contribution is 2.31. The molecule has 1 saturated heterocycles. The fraction of sp³-hybridized carbons (Fsp3) is 0.278. The quantitative estimate of drug-likeness (QED) is 0.730. The maximum absolute atomic E-state index is 13.4. The van der Waals surface area contributed by atoms with Crippen molar-refractivity contribution >= 4 is 28.4 Å². The summed E-state index contributed by atoms with van der Waals surface area (Å²) in [6.45, 7) is 0.0641. The molecule has 0 aliphatic carbocycles. The molecule has 3 aromatic rings. The van der Waals surface area contributed by atoms with Gasteiger partial charge in [0.05, 0.1) is 23.0 Å². The normalized spacial score (nSPS) is 16.8. The van der Waals surface area contributed by atoms with Gasteiger partial charge < -0.3 is 4.90 Å². The molecule has 0 radical (unpaired) electrons. The first-order chi connectivity index (χ1) is 12.4. The highest BCUT2D eigenvalue weighted by Gasteiger charge is 2.36. The Bertz CT molecular complexity index is 965. The van der Waals surface area contributed by atoms with Crippen molar-refractivity contribution in [2.24, 2.45) is 0 Å². The lowest BCUT2D eigenvalue weighted by atomic mass is 10.0. The summed E-state index contributed by atoms with van der Waals surface area (Å²) in [6.07, 6.45) is 2.65. The number of carbonyl (C=O) groups is 1. The smallest absolute Gasteiger partial charge is 0.254 e. The highest BCUT2D eigenvalue weighted by molar-refractivity contribution is 6.31. The Balaban J connectivity index is 1.79. The van der Waals surface area contributed by atoms with E-state index in [-0.39, 0.29) is 31.8 Å². The zero-order valence-electron chi connectivity index (χ0n) is 13.7. The number of nitrogens with zero attached hydrogens (tertiary/aromatic N) is 3. The van der Waals surface area contributed by atoms with Crippen LogP contribution in [0.2, 0.25) is 5.02 Å². The second-order valence-electron chi connectivity index (χ2n) is 6.35. The predicted molar refractivity (Wildman–Crippen MR) is 94.4 cm³/mol. The van der Waals surface area contributed by atoms with E-state index in [1.54, 1.807) is 36.7 Å². The van der Waals surface area contributed by atoms with Gasteiger partial charge >= 0.3 is 0 Å². The summed E-state index contributed by atoms with van der Waals surface area (Å²) in [5.41, 5.74) is 2.29. The topological polar surface area (TPSA) is 61.9 Å². The van der Waals surface area contributed by atoms with Gasteiger partial charge in [0.25, 0.3) is 11.8 Å². The summed E-state index contributed by atoms with van der Waals surface area (Å²) in [7, 11) is 0. The average molecular weight is 377 g/mol. The van der Waals surface area contributed by atoms with E-state index in [0.29, 0.717) is 27.2 Å². The van der Waals surface area contributed by atoms with E-state index in [1.807, 2.05) is 0 Å². The number of alkyl halides is 2. The van der Waals surface area contributed by atoms with Crippen LogP contribution < -0.4 is 0 Å². The van der Waals surface area contributed by atoms with E-state index >= 15 is 0 Å². The lowest BCUT2D eigenvalue weighted by Gasteiger charge is -2.32. The van der Waals surface area contributed by atoms with Gasteiger partial charge in [0, 0.05) is 48.1 Å². The number of halogens is 3. The van der Waals surface area contributed by atoms with Gasteiger partial charge in [-0.3, -0.25) is 9.89 Å². The molecular weight excluding hydrogens is 362 g/mol. The molecule has 4 rings (SSSR count). The Hall–Kier alpha value is -2.54. The number of rotatable bonds is 2. The number of piperidine rings is 1. The zero-order chi connectivity index (χ0) is 18.3. The van der Waals surface area contributed by atoms with Crippen LogP contribution in [0.1, 0.15) is 23.2 Å². The summed E-state index contributed by atoms with van der Waals surface area (Å²) < 4.78 is 26.8. The van der Waals surface area contributed by atoms with E-state index in [1.165, 1.54) is 4.90 Å². The lowest BCUT2D eigenvalue weighted by molar-refractivity contribution is -0.0493. The fourth-order valence-corrected chi connectivity index (χ4v) is 3.29. The van der Waals surface area contributed by atoms with Crippen molar-refractivity contribution < 1.29 is 13.6 Å². The van der Waals surface area contributed by atoms with Gasteiger partial charge in [0.15, 0.2) is 0 Å². The van der Waals surface area contributed by atoms with E-state index in [2.05, 4.69) is 15.2 Å². The third-order valence-electron chi connectivity index (χ3n) is 4.58. The minimum Gasteiger partial charge on any atom is -0.338 e. The maximum Gasteiger partial charge on any atom is 0.254 e. The lowest BCUT2D eigenvalue weighted by Crippen LogP contribution is -2.42. The third-order valence-corrected chi connectivity index (χ3v) is 4.81. The Morgan fingerprint density at radius 2 is 2.00 bits per heavy atom. The van der Waals surface area contributed by atoms with Crippen LogP contribution in [0.25, 0.3) is 22.2 Å². The molecule has 1 amide bonds. The van der Waals surface area contributed by atoms with Gasteiger partial charge in [-0.05, 0) is 18.2 Å². The van der Waals surface area contributed by atoms with Crippen molar-refractivity contribution in [1.82, 2.24) is 20.1 Å². The summed E-state index contributed by atoms with van der Waals surface area (Å²) in [4.78, 5) is 19.1. The molecule has 1 aliphatic rings. The zero-order valence-corrected chi connectivity index (χ0v) is 14.4. The number of aromatic nitrogens is 3. The van der Waals surface area contributed by atoms with Crippen molar-refractivity contribution in [2.75, 3.05) is 13.1 Å². The largest absolute Gasteiger partial charge is 0.338 e. The minimum atomic E-state index is -2.70. The molecule has 0 spiro atoms. The number of H-pyrrole nitrogens is 1. The van der Waals surface area contributed by atoms with Gasteiger partial charge in [-0.2, -0.15) is 5.10 Å². The number of nitrogens with one attached hydrogen (secondary N) is 1. The molecule has 3 heterocycles. The maximum atomic E-state index is 13.4. The van der Waals surface area contributed by atoms with Gasteiger partial charge in [-0.1, -0.05) is 17.7 Å². The van der Waals surface area contributed by atoms with Crippen LogP contribution in [0.15, 0.2) is 36.7 Å². The van der Waals surface area contributed by atoms with Crippen molar-refractivity contribution in [1.29, 1.82) is 0 Å². The number of benzene rings is 1. The molecule has 5 nitrogen and oxygen atoms in total. The molecule has 0 saturated carbocycles. The molecule has 0 unspecified atom stereocenters. The van der Waals surface area contributed by atoms with Crippen LogP contribution in [-0.2, 0) is 0 Å². The standard InChI is InChI=1S/C18H15ClF2N4O/c19-12-1-2-13-14(17(26)25-5-3-18(20,21)4-6-25)8-15(24-16(13)7-12)11-9-22-23-10-11/h1-2,7-10H,3-6H2,(H,22,23). The minimum absolute atomic E-state index is 0.0320. The Labute approximate surface area is 153 Å². The van der Waals surface area contributed by atoms with Gasteiger partial charge in [0.1, 0.15) is 0 Å². The monoisotopic (exact) mass is 376 g/mol. The number of hydrogen-bond acceptors (Lipinski definition) is 3. The molecule has 1 aliphatic heterocycles. The fourth-order valence-electron chi connectivity index (χ4n) is 3.12. The van der Waals surface area contributed by atoms with Crippen LogP contribution in [0.4, 0.5) is 8.78 Å². The van der Waals surface area contributed by atoms with Crippen LogP contribution in [0.5, 0.6) is 0 Å². The summed E-state index contributed by atoms with van der Waals surface area (Å²) in [5, 5.41) is 7.77. The van der Waals surface area contributed by atoms with Crippen LogP contribution in [0.3, 0.4) is 0 Å². The molecule has 1 fully saturated rings. The number of hydrogen-bond donors (Lipinski definition) is 1. The molecule has 1 N–H and O–H groups in total. The number of carbonyl (C=O) groups excluding carboxylic acids is 1. The van der Waals surface area contributed by atoms with Gasteiger partial charge in [-0.15, -0.1) is 0 Å². The van der Waals surface area contributed by atoms with Gasteiger partial charge in [-0.25, -0.2) is 13.8 Å². The van der Waals surface area contributed by atoms with Crippen molar-refractivity contribution in [3.63, 3.8) is 0 Å². The first-order valence-electron chi connectivity index (χ1n) is 8.19. The van der Waals surface area contributed by atoms with E-state index in [4.69, 9.17) is 11.6 Å². The van der Waals surface area contributed by atoms with Crippen molar-refractivity contribution in [3.05, 3.63) is 47.2 Å². The van der Waals surface area contributed by atoms with Crippen LogP contribution >= 0.6 is 11.6 Å². The highest BCUT2D eigenvalue weighted by atomic mass is 35.5. The Kier molecular flexibility index (Phi) is 4.11. The molecule has 26 heavy (non-hydrogen) atoms. The van der Waals surface area contributed by atoms with E-state index in [9.17, 15) is 13.6 Å². The first kappa shape index (κ1) is 16.9. The number of amides is 1. The molecule has 8 heteroatoms. The number of pyridine rings is 1. The number of aromatic amines is 1. The second kappa shape index (κ2) is 6.32. The summed E-state index contributed by atoms with van der Waals surface area (Å²) >= 11 is 6.07. The third kappa shape index (κ3) is 3.14. The first-order valence-corrected chi connectivity index (χ1v) is 8.57. The Morgan fingerprint density at radius 1 is 1.23 bits per heavy atom. The van der Waals surface area contributed by atoms with E-state index in [0.717, 1.165) is 5.56 Å². The molecular formula is C18H15ClF2N4O. The van der Waals surface area contributed by atoms with Crippen molar-refractivity contribution in [3.8, 4) is 11.3 Å². The summed E-state index contributed by atoms with van der Waals surface area (Å²) in [6, 6.07) is 6.78. The van der Waals surface area contributed by atoms with E-state index < -0.39 is 5.92 Å². The SMILES string of the molecule is O=C(c1cc(-c2cn[nH]c2)nc2cc(Cl)ccc12)N1CCC(F)(F)CC1. The van der Waals surface area contributed by atoms with Crippen LogP contribution in [-0.4, -0.2) is 45.0 Å². The van der Waals surface area contributed by atoms with Crippen LogP contribution in [0, 0.1) is 0 Å². The number of likely N-dealkylation sites (tertiary alicyclic amines) is 1. The molecule has 134 valence electrons. The summed E-state index contributed by atoms with van der Waals surface area (Å²) in [5.74, 6) is -2.98.